The summed E-state index contributed by atoms with van der Waals surface area (Å²) in [5.74, 6) is -1.86. The Morgan fingerprint density at radius 3 is 2.67 bits per heavy atom. The Bertz CT molecular complexity index is 1410. The second-order valence-electron chi connectivity index (χ2n) is 10.4. The highest BCUT2D eigenvalue weighted by atomic mass is 35.5. The van der Waals surface area contributed by atoms with Crippen LogP contribution >= 0.6 is 11.6 Å². The van der Waals surface area contributed by atoms with Crippen LogP contribution in [0.25, 0.3) is 10.9 Å². The van der Waals surface area contributed by atoms with Crippen molar-refractivity contribution in [3.63, 3.8) is 0 Å². The molecule has 0 saturated carbocycles. The van der Waals surface area contributed by atoms with Gasteiger partial charge in [-0.05, 0) is 49.3 Å². The van der Waals surface area contributed by atoms with E-state index in [-0.39, 0.29) is 17.3 Å². The van der Waals surface area contributed by atoms with Crippen LogP contribution < -0.4 is 10.2 Å². The van der Waals surface area contributed by atoms with Gasteiger partial charge in [-0.15, -0.1) is 11.6 Å². The van der Waals surface area contributed by atoms with Gasteiger partial charge < -0.3 is 19.7 Å². The first-order valence-electron chi connectivity index (χ1n) is 13.4. The summed E-state index contributed by atoms with van der Waals surface area (Å²) in [5, 5.41) is 14.1. The van der Waals surface area contributed by atoms with Crippen LogP contribution in [0.5, 0.6) is 0 Å². The molecular formula is C29H33ClF2N6O. The lowest BCUT2D eigenvalue weighted by Crippen LogP contribution is -2.55. The van der Waals surface area contributed by atoms with Crippen LogP contribution in [0.1, 0.15) is 48.2 Å². The lowest BCUT2D eigenvalue weighted by Gasteiger charge is -2.43. The molecule has 2 aliphatic rings. The van der Waals surface area contributed by atoms with Crippen LogP contribution in [-0.4, -0.2) is 72.5 Å². The number of carbonyl (C=O) groups excluding carboxylic acids is 1. The molecule has 0 radical (unpaired) electrons. The van der Waals surface area contributed by atoms with E-state index in [0.717, 1.165) is 56.3 Å². The van der Waals surface area contributed by atoms with E-state index in [1.807, 2.05) is 18.2 Å². The molecule has 0 bridgehead atoms. The molecule has 0 spiro atoms. The molecular weight excluding hydrogens is 522 g/mol. The second kappa shape index (κ2) is 11.5. The maximum Gasteiger partial charge on any atom is 0.239 e. The molecule has 1 saturated heterocycles. The minimum Gasteiger partial charge on any atom is -0.368 e. The fourth-order valence-electron chi connectivity index (χ4n) is 5.82. The number of nitrogens with one attached hydrogen (secondary N) is 2. The molecule has 2 aliphatic heterocycles. The number of aromatic amines is 1. The van der Waals surface area contributed by atoms with Crippen LogP contribution in [0.2, 0.25) is 0 Å². The quantitative estimate of drug-likeness (QED) is 0.332. The van der Waals surface area contributed by atoms with E-state index in [2.05, 4.69) is 40.1 Å². The third-order valence-electron chi connectivity index (χ3n) is 7.86. The van der Waals surface area contributed by atoms with E-state index in [0.29, 0.717) is 35.2 Å². The lowest BCUT2D eigenvalue weighted by atomic mass is 9.89. The molecule has 0 aliphatic carbocycles. The SMILES string of the molecule is CCCCN[C@H]1Cc2c([nH]c3c(F)cc(F)cc23)[C@H](c2ccc(N3CCN(C)CC3)c(C#N)c2)N1C(=O)CCl. The first kappa shape index (κ1) is 27.4. The predicted octanol–water partition coefficient (Wildman–Crippen LogP) is 4.50. The van der Waals surface area contributed by atoms with Crippen LogP contribution in [0.15, 0.2) is 30.3 Å². The van der Waals surface area contributed by atoms with Gasteiger partial charge in [0.25, 0.3) is 0 Å². The molecule has 1 aromatic heterocycles. The van der Waals surface area contributed by atoms with Gasteiger partial charge in [-0.3, -0.25) is 10.1 Å². The van der Waals surface area contributed by atoms with Crippen molar-refractivity contribution in [2.24, 2.45) is 0 Å². The van der Waals surface area contributed by atoms with Gasteiger partial charge in [-0.1, -0.05) is 19.4 Å². The molecule has 0 unspecified atom stereocenters. The fourth-order valence-corrected chi connectivity index (χ4v) is 5.96. The molecule has 1 amide bonds. The zero-order chi connectivity index (χ0) is 27.7. The van der Waals surface area contributed by atoms with Crippen molar-refractivity contribution >= 4 is 34.1 Å². The molecule has 7 nitrogen and oxygen atoms in total. The molecule has 2 aromatic carbocycles. The topological polar surface area (TPSA) is 78.4 Å². The Hall–Kier alpha value is -3.19. The summed E-state index contributed by atoms with van der Waals surface area (Å²) in [5.41, 5.74) is 3.63. The zero-order valence-electron chi connectivity index (χ0n) is 22.2. The van der Waals surface area contributed by atoms with Gasteiger partial charge in [0.15, 0.2) is 0 Å². The highest BCUT2D eigenvalue weighted by Gasteiger charge is 2.40. The van der Waals surface area contributed by atoms with Crippen molar-refractivity contribution in [2.45, 2.75) is 38.4 Å². The largest absolute Gasteiger partial charge is 0.368 e. The standard InChI is InChI=1S/C29H33ClF2N6O/c1-3-4-7-34-25-15-22-21-13-20(31)14-23(32)27(21)35-28(22)29(38(25)26(39)16-30)18-5-6-24(19(12-18)17-33)37-10-8-36(2)9-11-37/h5-6,12-14,25,29,34-35H,3-4,7-11,15-16H2,1-2H3/t25-,29+/m1/s1. The molecule has 2 atom stereocenters. The van der Waals surface area contributed by atoms with E-state index in [4.69, 9.17) is 11.6 Å². The number of likely N-dealkylation sites (N-methyl/N-ethyl adjacent to an activating group) is 1. The summed E-state index contributed by atoms with van der Waals surface area (Å²) in [4.78, 5) is 22.7. The average molecular weight is 555 g/mol. The van der Waals surface area contributed by atoms with Crippen molar-refractivity contribution in [3.05, 3.63) is 64.4 Å². The first-order valence-corrected chi connectivity index (χ1v) is 14.0. The molecule has 1 fully saturated rings. The van der Waals surface area contributed by atoms with Gasteiger partial charge in [0.05, 0.1) is 29.0 Å². The van der Waals surface area contributed by atoms with Crippen LogP contribution in [0, 0.1) is 23.0 Å². The smallest absolute Gasteiger partial charge is 0.239 e. The minimum atomic E-state index is -0.688. The normalized spacial score (nSPS) is 19.8. The third-order valence-corrected chi connectivity index (χ3v) is 8.09. The molecule has 3 aromatic rings. The lowest BCUT2D eigenvalue weighted by molar-refractivity contribution is -0.134. The van der Waals surface area contributed by atoms with Crippen molar-refractivity contribution in [1.82, 2.24) is 20.1 Å². The molecule has 39 heavy (non-hydrogen) atoms. The maximum absolute atomic E-state index is 14.9. The second-order valence-corrected chi connectivity index (χ2v) is 10.6. The van der Waals surface area contributed by atoms with Gasteiger partial charge >= 0.3 is 0 Å². The number of H-pyrrole nitrogens is 1. The Morgan fingerprint density at radius 1 is 1.21 bits per heavy atom. The number of unbranched alkanes of at least 4 members (excludes halogenated alkanes) is 1. The molecule has 10 heteroatoms. The summed E-state index contributed by atoms with van der Waals surface area (Å²) in [6.45, 7) is 6.18. The number of fused-ring (bicyclic) bond motifs is 3. The van der Waals surface area contributed by atoms with Gasteiger partial charge in [-0.25, -0.2) is 8.78 Å². The highest BCUT2D eigenvalue weighted by Crippen LogP contribution is 2.42. The highest BCUT2D eigenvalue weighted by molar-refractivity contribution is 6.27. The number of aromatic nitrogens is 1. The summed E-state index contributed by atoms with van der Waals surface area (Å²) in [7, 11) is 2.08. The van der Waals surface area contributed by atoms with Crippen molar-refractivity contribution < 1.29 is 13.6 Å². The number of hydrogen-bond acceptors (Lipinski definition) is 5. The fraction of sp³-hybridized carbons (Fsp3) is 0.448. The molecule has 2 N–H and O–H groups in total. The van der Waals surface area contributed by atoms with Crippen molar-refractivity contribution in [3.8, 4) is 6.07 Å². The van der Waals surface area contributed by atoms with Gasteiger partial charge in [-0.2, -0.15) is 5.26 Å². The van der Waals surface area contributed by atoms with E-state index in [9.17, 15) is 18.8 Å². The number of alkyl halides is 1. The number of anilines is 1. The van der Waals surface area contributed by atoms with Crippen LogP contribution in [0.3, 0.4) is 0 Å². The molecule has 3 heterocycles. The van der Waals surface area contributed by atoms with E-state index in [1.54, 1.807) is 4.90 Å². The Morgan fingerprint density at radius 2 is 1.97 bits per heavy atom. The summed E-state index contributed by atoms with van der Waals surface area (Å²) in [6, 6.07) is 9.54. The Balaban J connectivity index is 1.65. The third kappa shape index (κ3) is 5.21. The van der Waals surface area contributed by atoms with E-state index < -0.39 is 23.8 Å². The number of nitrogens with zero attached hydrogens (tertiary/aromatic N) is 4. The van der Waals surface area contributed by atoms with Crippen molar-refractivity contribution in [1.29, 1.82) is 5.26 Å². The number of amides is 1. The number of rotatable bonds is 7. The first-order chi connectivity index (χ1) is 18.9. The number of hydrogen-bond donors (Lipinski definition) is 2. The number of benzene rings is 2. The number of halogens is 3. The Labute approximate surface area is 232 Å². The molecule has 206 valence electrons. The summed E-state index contributed by atoms with van der Waals surface area (Å²) in [6.07, 6.45) is 1.81. The number of carbonyl (C=O) groups is 1. The number of piperazine rings is 1. The van der Waals surface area contributed by atoms with Gasteiger partial charge in [0.1, 0.15) is 23.6 Å². The van der Waals surface area contributed by atoms with Crippen LogP contribution in [0.4, 0.5) is 14.5 Å². The van der Waals surface area contributed by atoms with E-state index >= 15 is 0 Å². The number of nitriles is 1. The summed E-state index contributed by atoms with van der Waals surface area (Å²) >= 11 is 6.11. The molecule has 5 rings (SSSR count). The van der Waals surface area contributed by atoms with E-state index in [1.165, 1.54) is 6.07 Å². The van der Waals surface area contributed by atoms with Crippen LogP contribution in [-0.2, 0) is 11.2 Å². The summed E-state index contributed by atoms with van der Waals surface area (Å²) < 4.78 is 29.2. The van der Waals surface area contributed by atoms with Gasteiger partial charge in [0, 0.05) is 49.7 Å². The average Bonchev–Trinajstić information content (AvgIpc) is 3.30. The predicted molar refractivity (Wildman–Crippen MR) is 149 cm³/mol. The monoisotopic (exact) mass is 554 g/mol. The zero-order valence-corrected chi connectivity index (χ0v) is 23.0. The maximum atomic E-state index is 14.9. The minimum absolute atomic E-state index is 0.202. The van der Waals surface area contributed by atoms with Gasteiger partial charge in [0.2, 0.25) is 5.91 Å². The van der Waals surface area contributed by atoms with Crippen molar-refractivity contribution in [2.75, 3.05) is 50.6 Å². The Kier molecular flexibility index (Phi) is 8.08.